The van der Waals surface area contributed by atoms with E-state index in [0.29, 0.717) is 6.04 Å². The first kappa shape index (κ1) is 15.8. The molecule has 0 aliphatic heterocycles. The van der Waals surface area contributed by atoms with Crippen LogP contribution in [-0.4, -0.2) is 25.4 Å². The van der Waals surface area contributed by atoms with Gasteiger partial charge in [-0.15, -0.1) is 0 Å². The molecule has 2 unspecified atom stereocenters. The van der Waals surface area contributed by atoms with Crippen LogP contribution in [-0.2, 0) is 13.1 Å². The van der Waals surface area contributed by atoms with Gasteiger partial charge in [0.1, 0.15) is 0 Å². The first-order valence-electron chi connectivity index (χ1n) is 7.64. The summed E-state index contributed by atoms with van der Waals surface area (Å²) < 4.78 is 4.10. The van der Waals surface area contributed by atoms with E-state index in [4.69, 9.17) is 0 Å². The van der Waals surface area contributed by atoms with Gasteiger partial charge in [0.15, 0.2) is 0 Å². The van der Waals surface area contributed by atoms with Crippen molar-refractivity contribution in [2.45, 2.75) is 59.8 Å². The number of hydrogen-bond acceptors (Lipinski definition) is 3. The van der Waals surface area contributed by atoms with Gasteiger partial charge < -0.3 is 9.88 Å². The maximum Gasteiger partial charge on any atom is 0.0946 e. The van der Waals surface area contributed by atoms with E-state index >= 15 is 0 Å². The fourth-order valence-corrected chi connectivity index (χ4v) is 2.36. The van der Waals surface area contributed by atoms with Crippen LogP contribution in [0.4, 0.5) is 0 Å². The Balaban J connectivity index is 2.07. The van der Waals surface area contributed by atoms with E-state index in [1.54, 1.807) is 0 Å². The molecule has 0 fully saturated rings. The van der Waals surface area contributed by atoms with Crippen molar-refractivity contribution in [2.24, 2.45) is 5.41 Å². The Morgan fingerprint density at radius 3 is 2.62 bits per heavy atom. The molecule has 2 atom stereocenters. The predicted octanol–water partition coefficient (Wildman–Crippen LogP) is 2.87. The highest BCUT2D eigenvalue weighted by Gasteiger charge is 2.26. The Labute approximate surface area is 127 Å². The van der Waals surface area contributed by atoms with Gasteiger partial charge in [0.25, 0.3) is 0 Å². The molecule has 21 heavy (non-hydrogen) atoms. The number of aryl methyl sites for hydroxylation is 1. The molecule has 5 heteroatoms. The average Bonchev–Trinajstić information content (AvgIpc) is 3.07. The standard InChI is InChI=1S/C16H27N5/c1-6-21-10-14(9-18-21)13(2)19-15(16(3,4)5)11-20-8-7-17-12-20/h7-10,12-13,15,19H,6,11H2,1-5H3. The predicted molar refractivity (Wildman–Crippen MR) is 84.9 cm³/mol. The lowest BCUT2D eigenvalue weighted by Gasteiger charge is -2.34. The third kappa shape index (κ3) is 4.17. The zero-order valence-corrected chi connectivity index (χ0v) is 13.7. The number of nitrogens with zero attached hydrogens (tertiary/aromatic N) is 4. The number of aromatic nitrogens is 4. The number of imidazole rings is 1. The highest BCUT2D eigenvalue weighted by Crippen LogP contribution is 2.24. The Hall–Kier alpha value is -1.62. The molecule has 0 saturated carbocycles. The van der Waals surface area contributed by atoms with Crippen LogP contribution in [0.1, 0.15) is 46.2 Å². The van der Waals surface area contributed by atoms with Gasteiger partial charge in [-0.2, -0.15) is 5.10 Å². The van der Waals surface area contributed by atoms with Crippen LogP contribution >= 0.6 is 0 Å². The zero-order chi connectivity index (χ0) is 15.5. The Morgan fingerprint density at radius 1 is 1.33 bits per heavy atom. The monoisotopic (exact) mass is 289 g/mol. The van der Waals surface area contributed by atoms with E-state index in [2.05, 4.69) is 60.8 Å². The van der Waals surface area contributed by atoms with Gasteiger partial charge in [-0.3, -0.25) is 4.68 Å². The van der Waals surface area contributed by atoms with E-state index in [9.17, 15) is 0 Å². The fourth-order valence-electron chi connectivity index (χ4n) is 2.36. The number of hydrogen-bond donors (Lipinski definition) is 1. The summed E-state index contributed by atoms with van der Waals surface area (Å²) in [7, 11) is 0. The maximum absolute atomic E-state index is 4.36. The first-order valence-corrected chi connectivity index (χ1v) is 7.64. The molecule has 0 amide bonds. The van der Waals surface area contributed by atoms with Crippen LogP contribution in [0.3, 0.4) is 0 Å². The largest absolute Gasteiger partial charge is 0.336 e. The van der Waals surface area contributed by atoms with Crippen molar-refractivity contribution in [1.29, 1.82) is 0 Å². The minimum Gasteiger partial charge on any atom is -0.336 e. The summed E-state index contributed by atoms with van der Waals surface area (Å²) in [6.07, 6.45) is 9.79. The van der Waals surface area contributed by atoms with Crippen molar-refractivity contribution in [3.05, 3.63) is 36.7 Å². The van der Waals surface area contributed by atoms with Gasteiger partial charge in [-0.25, -0.2) is 4.98 Å². The lowest BCUT2D eigenvalue weighted by Crippen LogP contribution is -2.44. The second-order valence-electron chi connectivity index (χ2n) is 6.70. The van der Waals surface area contributed by atoms with E-state index < -0.39 is 0 Å². The minimum absolute atomic E-state index is 0.166. The van der Waals surface area contributed by atoms with Gasteiger partial charge in [0.2, 0.25) is 0 Å². The van der Waals surface area contributed by atoms with Gasteiger partial charge in [-0.05, 0) is 19.3 Å². The molecule has 2 aromatic rings. The molecule has 116 valence electrons. The van der Waals surface area contributed by atoms with Crippen LogP contribution in [0, 0.1) is 5.41 Å². The third-order valence-corrected chi connectivity index (χ3v) is 3.93. The number of rotatable bonds is 6. The lowest BCUT2D eigenvalue weighted by molar-refractivity contribution is 0.225. The second-order valence-corrected chi connectivity index (χ2v) is 6.70. The molecule has 2 heterocycles. The second kappa shape index (κ2) is 6.43. The topological polar surface area (TPSA) is 47.7 Å². The van der Waals surface area contributed by atoms with E-state index in [1.807, 2.05) is 29.6 Å². The highest BCUT2D eigenvalue weighted by atomic mass is 15.3. The van der Waals surface area contributed by atoms with E-state index in [-0.39, 0.29) is 11.5 Å². The molecular weight excluding hydrogens is 262 g/mol. The summed E-state index contributed by atoms with van der Waals surface area (Å²) in [4.78, 5) is 4.13. The van der Waals surface area contributed by atoms with Crippen molar-refractivity contribution < 1.29 is 0 Å². The summed E-state index contributed by atoms with van der Waals surface area (Å²) in [6.45, 7) is 12.9. The van der Waals surface area contributed by atoms with Crippen LogP contribution in [0.25, 0.3) is 0 Å². The smallest absolute Gasteiger partial charge is 0.0946 e. The Bertz CT molecular complexity index is 535. The summed E-state index contributed by atoms with van der Waals surface area (Å²) in [5.41, 5.74) is 1.40. The average molecular weight is 289 g/mol. The molecule has 2 rings (SSSR count). The lowest BCUT2D eigenvalue weighted by atomic mass is 9.86. The molecule has 0 spiro atoms. The summed E-state index contributed by atoms with van der Waals surface area (Å²) in [5, 5.41) is 8.11. The normalized spacial score (nSPS) is 15.1. The van der Waals surface area contributed by atoms with Gasteiger partial charge in [0.05, 0.1) is 12.5 Å². The van der Waals surface area contributed by atoms with Crippen molar-refractivity contribution >= 4 is 0 Å². The van der Waals surface area contributed by atoms with Crippen LogP contribution in [0.2, 0.25) is 0 Å². The molecule has 0 radical (unpaired) electrons. The van der Waals surface area contributed by atoms with Crippen molar-refractivity contribution in [1.82, 2.24) is 24.6 Å². The van der Waals surface area contributed by atoms with Crippen molar-refractivity contribution in [3.8, 4) is 0 Å². The quantitative estimate of drug-likeness (QED) is 0.889. The fraction of sp³-hybridized carbons (Fsp3) is 0.625. The van der Waals surface area contributed by atoms with E-state index in [1.165, 1.54) is 5.56 Å². The molecule has 5 nitrogen and oxygen atoms in total. The number of nitrogens with one attached hydrogen (secondary N) is 1. The molecule has 2 aromatic heterocycles. The molecule has 0 aromatic carbocycles. The van der Waals surface area contributed by atoms with Gasteiger partial charge in [0, 0.05) is 49.3 Å². The Kier molecular flexibility index (Phi) is 4.83. The molecule has 0 aliphatic rings. The zero-order valence-electron chi connectivity index (χ0n) is 13.7. The molecule has 0 aliphatic carbocycles. The van der Waals surface area contributed by atoms with Gasteiger partial charge >= 0.3 is 0 Å². The maximum atomic E-state index is 4.36. The molecular formula is C16H27N5. The van der Waals surface area contributed by atoms with Crippen molar-refractivity contribution in [3.63, 3.8) is 0 Å². The van der Waals surface area contributed by atoms with Gasteiger partial charge in [-0.1, -0.05) is 20.8 Å². The molecule has 0 bridgehead atoms. The van der Waals surface area contributed by atoms with Crippen LogP contribution in [0.15, 0.2) is 31.1 Å². The van der Waals surface area contributed by atoms with Crippen LogP contribution in [0.5, 0.6) is 0 Å². The SMILES string of the molecule is CCn1cc(C(C)NC(Cn2ccnc2)C(C)(C)C)cn1. The summed E-state index contributed by atoms with van der Waals surface area (Å²) in [6, 6.07) is 0.629. The third-order valence-electron chi connectivity index (χ3n) is 3.93. The molecule has 1 N–H and O–H groups in total. The van der Waals surface area contributed by atoms with Crippen molar-refractivity contribution in [2.75, 3.05) is 0 Å². The van der Waals surface area contributed by atoms with Crippen LogP contribution < -0.4 is 5.32 Å². The molecule has 0 saturated heterocycles. The van der Waals surface area contributed by atoms with E-state index in [0.717, 1.165) is 13.1 Å². The summed E-state index contributed by atoms with van der Waals surface area (Å²) in [5.74, 6) is 0. The first-order chi connectivity index (χ1) is 9.90. The highest BCUT2D eigenvalue weighted by molar-refractivity contribution is 5.10. The minimum atomic E-state index is 0.166. The summed E-state index contributed by atoms with van der Waals surface area (Å²) >= 11 is 0. The Morgan fingerprint density at radius 2 is 2.10 bits per heavy atom.